The quantitative estimate of drug-likeness (QED) is 0.0443. The standard InChI is InChI=1S/C44H69BN6O9/c1-5-6-7-8-9-10-11-12-13-14-15-19-38-43(60-38)50-34(18-16-17-24-46)44(57)51(4)39-31-21-23-37(53)33(27-31)32-25-30(20-22-36(32)52)26-35(41(55)48-29(3)45(58)59)49-40(54)28(2)47-42(39)56/h20-23,25,27-29,34-35,38-39,43,50,52-53,58-59H,5-19,24,26,46H2,1-4H3,(H,47,56)(H,48,55)(H,49,54)/t28-,29-,34-,35-,38?,39-,43?/m0/s1. The lowest BCUT2D eigenvalue weighted by Crippen LogP contribution is -2.57. The highest BCUT2D eigenvalue weighted by atomic mass is 16.6. The van der Waals surface area contributed by atoms with Crippen LogP contribution in [0.4, 0.5) is 0 Å². The summed E-state index contributed by atoms with van der Waals surface area (Å²) in [5.74, 6) is -3.97. The van der Waals surface area contributed by atoms with Crippen LogP contribution < -0.4 is 27.0 Å². The molecule has 332 valence electrons. The van der Waals surface area contributed by atoms with Gasteiger partial charge in [-0.15, -0.1) is 0 Å². The van der Waals surface area contributed by atoms with Crippen LogP contribution in [0.5, 0.6) is 11.5 Å². The van der Waals surface area contributed by atoms with Crippen LogP contribution in [-0.2, 0) is 30.3 Å². The van der Waals surface area contributed by atoms with Gasteiger partial charge in [-0.1, -0.05) is 96.1 Å². The number of amides is 4. The monoisotopic (exact) mass is 837 g/mol. The van der Waals surface area contributed by atoms with Gasteiger partial charge in [-0.25, -0.2) is 0 Å². The Morgan fingerprint density at radius 1 is 0.883 bits per heavy atom. The molecule has 0 aliphatic carbocycles. The van der Waals surface area contributed by atoms with Crippen LogP contribution in [0, 0.1) is 0 Å². The zero-order chi connectivity index (χ0) is 43.8. The number of phenolic OH excluding ortho intramolecular Hbond substituents is 2. The number of carbonyl (C=O) groups is 4. The van der Waals surface area contributed by atoms with Crippen LogP contribution in [0.15, 0.2) is 36.4 Å². The number of ether oxygens (including phenoxy) is 1. The summed E-state index contributed by atoms with van der Waals surface area (Å²) in [6, 6.07) is 4.52. The number of likely N-dealkylation sites (N-methyl/N-ethyl adjacent to an activating group) is 1. The molecule has 2 heterocycles. The SMILES string of the molecule is CCCCCCCCCCCCCC1OC1N[C@@H](CCCCN)C(=O)N(C)[C@@H]1C(=O)N[C@@H](C)C(=O)N[C@H](C(=O)N[C@@H](C)B(O)O)Cc2ccc(O)c(c2)-c2cc1ccc2O. The highest BCUT2D eigenvalue weighted by Crippen LogP contribution is 2.39. The van der Waals surface area contributed by atoms with Crippen LogP contribution in [0.2, 0.25) is 0 Å². The van der Waals surface area contributed by atoms with E-state index in [1.165, 1.54) is 108 Å². The molecule has 4 rings (SSSR count). The van der Waals surface area contributed by atoms with E-state index in [2.05, 4.69) is 28.2 Å². The number of benzene rings is 2. The number of unbranched alkanes of at least 4 members (excludes halogenated alkanes) is 11. The number of nitrogens with zero attached hydrogens (tertiary/aromatic N) is 1. The summed E-state index contributed by atoms with van der Waals surface area (Å²) in [6.45, 7) is 5.53. The fraction of sp³-hybridized carbons (Fsp3) is 0.636. The van der Waals surface area contributed by atoms with Gasteiger partial charge in [0, 0.05) is 24.6 Å². The van der Waals surface area contributed by atoms with Gasteiger partial charge in [-0.3, -0.25) is 24.5 Å². The van der Waals surface area contributed by atoms with Crippen molar-refractivity contribution in [1.29, 1.82) is 0 Å². The molecule has 60 heavy (non-hydrogen) atoms. The zero-order valence-electron chi connectivity index (χ0n) is 36.0. The van der Waals surface area contributed by atoms with E-state index >= 15 is 0 Å². The molecule has 4 amide bonds. The number of nitrogens with two attached hydrogens (primary N) is 1. The number of nitrogens with one attached hydrogen (secondary N) is 4. The number of fused-ring (bicyclic) bond motifs is 5. The van der Waals surface area contributed by atoms with Crippen LogP contribution in [-0.4, -0.2) is 106 Å². The molecule has 2 unspecified atom stereocenters. The van der Waals surface area contributed by atoms with Crippen molar-refractivity contribution in [3.05, 3.63) is 47.5 Å². The molecular formula is C44H69BN6O9. The average molecular weight is 837 g/mol. The molecule has 2 aromatic rings. The summed E-state index contributed by atoms with van der Waals surface area (Å²) in [4.78, 5) is 57.1. The Hall–Kier alpha value is -4.22. The van der Waals surface area contributed by atoms with Gasteiger partial charge in [0.05, 0.1) is 18.1 Å². The normalized spacial score (nSPS) is 21.2. The second kappa shape index (κ2) is 24.3. The Balaban J connectivity index is 1.53. The van der Waals surface area contributed by atoms with Crippen molar-refractivity contribution in [2.45, 2.75) is 166 Å². The number of carbonyl (C=O) groups excluding carboxylic acids is 4. The fourth-order valence-corrected chi connectivity index (χ4v) is 7.78. The Kier molecular flexibility index (Phi) is 19.6. The van der Waals surface area contributed by atoms with Gasteiger partial charge in [-0.05, 0) is 75.0 Å². The lowest BCUT2D eigenvalue weighted by atomic mass is 9.81. The first-order valence-electron chi connectivity index (χ1n) is 22.1. The van der Waals surface area contributed by atoms with Crippen LogP contribution in [0.25, 0.3) is 11.1 Å². The van der Waals surface area contributed by atoms with Crippen molar-refractivity contribution in [1.82, 2.24) is 26.2 Å². The molecule has 7 atom stereocenters. The molecule has 10 N–H and O–H groups in total. The lowest BCUT2D eigenvalue weighted by molar-refractivity contribution is -0.142. The number of hydrogen-bond donors (Lipinski definition) is 9. The molecule has 4 bridgehead atoms. The lowest BCUT2D eigenvalue weighted by Gasteiger charge is -2.32. The number of rotatable bonds is 23. The first-order chi connectivity index (χ1) is 28.7. The Labute approximate surface area is 355 Å². The van der Waals surface area contributed by atoms with Gasteiger partial charge in [0.2, 0.25) is 23.6 Å². The molecule has 0 saturated carbocycles. The Morgan fingerprint density at radius 3 is 2.13 bits per heavy atom. The molecule has 15 nitrogen and oxygen atoms in total. The van der Waals surface area contributed by atoms with E-state index in [1.807, 2.05) is 0 Å². The molecule has 2 aliphatic heterocycles. The highest BCUT2D eigenvalue weighted by molar-refractivity contribution is 6.43. The molecular weight excluding hydrogens is 767 g/mol. The molecule has 2 aromatic carbocycles. The maximum atomic E-state index is 14.5. The van der Waals surface area contributed by atoms with Crippen molar-refractivity contribution in [3.8, 4) is 22.6 Å². The van der Waals surface area contributed by atoms with Gasteiger partial charge in [0.25, 0.3) is 0 Å². The molecule has 0 aromatic heterocycles. The predicted octanol–water partition coefficient (Wildman–Crippen LogP) is 3.84. The highest BCUT2D eigenvalue weighted by Gasteiger charge is 2.42. The van der Waals surface area contributed by atoms with E-state index < -0.39 is 54.9 Å². The summed E-state index contributed by atoms with van der Waals surface area (Å²) < 4.78 is 5.99. The van der Waals surface area contributed by atoms with Crippen molar-refractivity contribution < 1.29 is 44.2 Å². The molecule has 1 fully saturated rings. The van der Waals surface area contributed by atoms with E-state index in [4.69, 9.17) is 10.5 Å². The van der Waals surface area contributed by atoms with Crippen molar-refractivity contribution in [2.24, 2.45) is 5.73 Å². The number of hydrogen-bond acceptors (Lipinski definition) is 11. The summed E-state index contributed by atoms with van der Waals surface area (Å²) >= 11 is 0. The minimum absolute atomic E-state index is 0.0124. The van der Waals surface area contributed by atoms with Gasteiger partial charge in [-0.2, -0.15) is 0 Å². The average Bonchev–Trinajstić information content (AvgIpc) is 3.97. The third kappa shape index (κ3) is 14.5. The van der Waals surface area contributed by atoms with Crippen LogP contribution in [0.3, 0.4) is 0 Å². The molecule has 0 spiro atoms. The zero-order valence-corrected chi connectivity index (χ0v) is 36.0. The van der Waals surface area contributed by atoms with Crippen molar-refractivity contribution >= 4 is 30.7 Å². The van der Waals surface area contributed by atoms with E-state index in [9.17, 15) is 39.4 Å². The maximum Gasteiger partial charge on any atom is 0.475 e. The van der Waals surface area contributed by atoms with Crippen molar-refractivity contribution in [3.63, 3.8) is 0 Å². The topological polar surface area (TPSA) is 239 Å². The summed E-state index contributed by atoms with van der Waals surface area (Å²) in [7, 11) is -0.350. The van der Waals surface area contributed by atoms with E-state index in [0.29, 0.717) is 36.9 Å². The Bertz CT molecular complexity index is 1720. The first kappa shape index (κ1) is 48.5. The third-order valence-corrected chi connectivity index (χ3v) is 11.6. The van der Waals surface area contributed by atoms with Crippen molar-refractivity contribution in [2.75, 3.05) is 13.6 Å². The number of epoxide rings is 1. The molecule has 1 saturated heterocycles. The maximum absolute atomic E-state index is 14.5. The Morgan fingerprint density at radius 2 is 1.50 bits per heavy atom. The van der Waals surface area contributed by atoms with Gasteiger partial charge in [0.1, 0.15) is 35.9 Å². The second-order valence-electron chi connectivity index (χ2n) is 16.6. The number of aromatic hydroxyl groups is 2. The smallest absolute Gasteiger partial charge is 0.475 e. The van der Waals surface area contributed by atoms with Gasteiger partial charge in [0.15, 0.2) is 0 Å². The summed E-state index contributed by atoms with van der Waals surface area (Å²) in [5, 5.41) is 52.5. The van der Waals surface area contributed by atoms with Gasteiger partial charge >= 0.3 is 7.12 Å². The van der Waals surface area contributed by atoms with E-state index in [0.717, 1.165) is 19.3 Å². The minimum atomic E-state index is -1.86. The number of phenols is 2. The van der Waals surface area contributed by atoms with E-state index in [1.54, 1.807) is 12.1 Å². The van der Waals surface area contributed by atoms with Crippen LogP contribution in [0.1, 0.15) is 134 Å². The van der Waals surface area contributed by atoms with Gasteiger partial charge < -0.3 is 51.6 Å². The molecule has 0 radical (unpaired) electrons. The third-order valence-electron chi connectivity index (χ3n) is 11.6. The first-order valence-corrected chi connectivity index (χ1v) is 22.1. The predicted molar refractivity (Wildman–Crippen MR) is 231 cm³/mol. The summed E-state index contributed by atoms with van der Waals surface area (Å²) in [6.07, 6.45) is 16.1. The largest absolute Gasteiger partial charge is 0.507 e. The molecule has 16 heteroatoms. The van der Waals surface area contributed by atoms with Crippen LogP contribution >= 0.6 is 0 Å². The molecule has 2 aliphatic rings. The minimum Gasteiger partial charge on any atom is -0.507 e. The summed E-state index contributed by atoms with van der Waals surface area (Å²) in [5.41, 5.74) is 6.99. The van der Waals surface area contributed by atoms with E-state index in [-0.39, 0.29) is 47.3 Å². The fourth-order valence-electron chi connectivity index (χ4n) is 7.78. The second-order valence-corrected chi connectivity index (χ2v) is 16.6.